The summed E-state index contributed by atoms with van der Waals surface area (Å²) in [7, 11) is 1.83. The molecule has 1 unspecified atom stereocenters. The summed E-state index contributed by atoms with van der Waals surface area (Å²) in [6, 6.07) is 11.6. The monoisotopic (exact) mass is 366 g/mol. The Balaban J connectivity index is 1.49. The van der Waals surface area contributed by atoms with Gasteiger partial charge < -0.3 is 19.4 Å². The number of fused-ring (bicyclic) bond motifs is 1. The van der Waals surface area contributed by atoms with E-state index in [1.165, 1.54) is 0 Å². The maximum Gasteiger partial charge on any atom is 0.256 e. The molecule has 27 heavy (non-hydrogen) atoms. The molecule has 0 spiro atoms. The van der Waals surface area contributed by atoms with Gasteiger partial charge in [-0.2, -0.15) is 5.10 Å². The van der Waals surface area contributed by atoms with Crippen LogP contribution in [0.1, 0.15) is 21.7 Å². The second-order valence-corrected chi connectivity index (χ2v) is 6.66. The average Bonchev–Trinajstić information content (AvgIpc) is 3.21. The lowest BCUT2D eigenvalue weighted by Gasteiger charge is -2.26. The lowest BCUT2D eigenvalue weighted by atomic mass is 10.2. The molecule has 140 valence electrons. The van der Waals surface area contributed by atoms with E-state index in [0.717, 1.165) is 23.0 Å². The van der Waals surface area contributed by atoms with E-state index in [0.29, 0.717) is 24.5 Å². The lowest BCUT2D eigenvalue weighted by molar-refractivity contribution is 0.0789. The molecule has 0 saturated heterocycles. The van der Waals surface area contributed by atoms with E-state index in [2.05, 4.69) is 10.4 Å². The van der Waals surface area contributed by atoms with Gasteiger partial charge in [0.2, 0.25) is 0 Å². The molecular formula is C20H22N4O3. The predicted octanol–water partition coefficient (Wildman–Crippen LogP) is 2.40. The zero-order valence-corrected chi connectivity index (χ0v) is 15.6. The normalized spacial score (nSPS) is 15.6. The Morgan fingerprint density at radius 1 is 1.19 bits per heavy atom. The van der Waals surface area contributed by atoms with E-state index in [1.54, 1.807) is 10.9 Å². The van der Waals surface area contributed by atoms with Crippen LogP contribution in [0.5, 0.6) is 11.5 Å². The van der Waals surface area contributed by atoms with Crippen LogP contribution in [0.3, 0.4) is 0 Å². The Morgan fingerprint density at radius 2 is 1.89 bits per heavy atom. The third-order valence-corrected chi connectivity index (χ3v) is 4.69. The average molecular weight is 366 g/mol. The van der Waals surface area contributed by atoms with Gasteiger partial charge in [0.25, 0.3) is 5.91 Å². The van der Waals surface area contributed by atoms with E-state index in [9.17, 15) is 4.79 Å². The van der Waals surface area contributed by atoms with Crippen LogP contribution >= 0.6 is 0 Å². The minimum absolute atomic E-state index is 0.187. The fourth-order valence-corrected chi connectivity index (χ4v) is 3.32. The van der Waals surface area contributed by atoms with Crippen LogP contribution in [0.15, 0.2) is 42.6 Å². The fourth-order valence-electron chi connectivity index (χ4n) is 3.32. The van der Waals surface area contributed by atoms with Crippen LogP contribution in [0.4, 0.5) is 0 Å². The van der Waals surface area contributed by atoms with Gasteiger partial charge in [0.05, 0.1) is 12.7 Å². The highest BCUT2D eigenvalue weighted by Crippen LogP contribution is 2.30. The summed E-state index contributed by atoms with van der Waals surface area (Å²) in [5.74, 6) is 1.99. The third kappa shape index (κ3) is 3.16. The summed E-state index contributed by atoms with van der Waals surface area (Å²) in [4.78, 5) is 12.8. The maximum absolute atomic E-state index is 12.8. The van der Waals surface area contributed by atoms with E-state index < -0.39 is 0 Å². The molecule has 1 aliphatic rings. The largest absolute Gasteiger partial charge is 0.486 e. The summed E-state index contributed by atoms with van der Waals surface area (Å²) in [5.41, 5.74) is 2.62. The van der Waals surface area contributed by atoms with E-state index in [4.69, 9.17) is 9.47 Å². The smallest absolute Gasteiger partial charge is 0.256 e. The molecule has 1 aliphatic heterocycles. The first kappa shape index (κ1) is 17.2. The summed E-state index contributed by atoms with van der Waals surface area (Å²) >= 11 is 0. The number of amides is 1. The zero-order valence-electron chi connectivity index (χ0n) is 15.6. The van der Waals surface area contributed by atoms with Gasteiger partial charge in [0.1, 0.15) is 24.1 Å². The standard InChI is InChI=1S/C20H22N4O3/c1-13-8-9-14(2)24(13)20-16(11-22-23(20)3)19(25)21-10-15-12-26-17-6-4-5-7-18(17)27-15/h4-9,11,15H,10,12H2,1-3H3,(H,21,25). The number of carbonyl (C=O) groups excluding carboxylic acids is 1. The van der Waals surface area contributed by atoms with Crippen molar-refractivity contribution in [2.24, 2.45) is 7.05 Å². The molecule has 2 aromatic heterocycles. The number of aromatic nitrogens is 3. The van der Waals surface area contributed by atoms with Gasteiger partial charge in [-0.15, -0.1) is 0 Å². The summed E-state index contributed by atoms with van der Waals surface area (Å²) in [6.07, 6.45) is 1.36. The quantitative estimate of drug-likeness (QED) is 0.770. The molecule has 0 fully saturated rings. The Hall–Kier alpha value is -3.22. The Labute approximate surface area is 157 Å². The van der Waals surface area contributed by atoms with Gasteiger partial charge in [-0.1, -0.05) is 12.1 Å². The van der Waals surface area contributed by atoms with Crippen molar-refractivity contribution >= 4 is 5.91 Å². The van der Waals surface area contributed by atoms with Crippen molar-refractivity contribution in [2.75, 3.05) is 13.2 Å². The van der Waals surface area contributed by atoms with Gasteiger partial charge in [0, 0.05) is 18.4 Å². The van der Waals surface area contributed by atoms with Crippen molar-refractivity contribution in [3.05, 3.63) is 59.5 Å². The summed E-state index contributed by atoms with van der Waals surface area (Å²) < 4.78 is 15.3. The summed E-state index contributed by atoms with van der Waals surface area (Å²) in [6.45, 7) is 4.76. The molecule has 1 atom stereocenters. The first-order chi connectivity index (χ1) is 13.0. The second-order valence-electron chi connectivity index (χ2n) is 6.66. The van der Waals surface area contributed by atoms with Gasteiger partial charge in [-0.3, -0.25) is 9.48 Å². The van der Waals surface area contributed by atoms with Gasteiger partial charge in [-0.25, -0.2) is 0 Å². The highest BCUT2D eigenvalue weighted by atomic mass is 16.6. The Morgan fingerprint density at radius 3 is 2.63 bits per heavy atom. The zero-order chi connectivity index (χ0) is 19.0. The molecule has 0 radical (unpaired) electrons. The molecule has 0 bridgehead atoms. The number of aryl methyl sites for hydroxylation is 3. The fraction of sp³-hybridized carbons (Fsp3) is 0.300. The molecule has 1 aromatic carbocycles. The second kappa shape index (κ2) is 6.83. The highest BCUT2D eigenvalue weighted by Gasteiger charge is 2.24. The first-order valence-corrected chi connectivity index (χ1v) is 8.88. The summed E-state index contributed by atoms with van der Waals surface area (Å²) in [5, 5.41) is 7.22. The minimum atomic E-state index is -0.237. The van der Waals surface area contributed by atoms with Crippen molar-refractivity contribution in [1.82, 2.24) is 19.7 Å². The lowest BCUT2D eigenvalue weighted by Crippen LogP contribution is -2.40. The number of nitrogens with zero attached hydrogens (tertiary/aromatic N) is 3. The molecule has 3 heterocycles. The number of hydrogen-bond donors (Lipinski definition) is 1. The number of hydrogen-bond acceptors (Lipinski definition) is 4. The van der Waals surface area contributed by atoms with Crippen molar-refractivity contribution in [3.63, 3.8) is 0 Å². The molecule has 7 nitrogen and oxygen atoms in total. The number of benzene rings is 1. The van der Waals surface area contributed by atoms with Crippen LogP contribution < -0.4 is 14.8 Å². The van der Waals surface area contributed by atoms with Crippen LogP contribution in [-0.2, 0) is 7.05 Å². The number of nitrogens with one attached hydrogen (secondary N) is 1. The molecule has 0 saturated carbocycles. The highest BCUT2D eigenvalue weighted by molar-refractivity contribution is 5.97. The molecular weight excluding hydrogens is 344 g/mol. The van der Waals surface area contributed by atoms with Crippen LogP contribution in [-0.4, -0.2) is 39.5 Å². The van der Waals surface area contributed by atoms with E-state index >= 15 is 0 Å². The Bertz CT molecular complexity index is 970. The van der Waals surface area contributed by atoms with Crippen LogP contribution in [0.25, 0.3) is 5.82 Å². The molecule has 4 rings (SSSR count). The van der Waals surface area contributed by atoms with Crippen LogP contribution in [0, 0.1) is 13.8 Å². The molecule has 0 aliphatic carbocycles. The van der Waals surface area contributed by atoms with Gasteiger partial charge >= 0.3 is 0 Å². The molecule has 1 N–H and O–H groups in total. The maximum atomic E-state index is 12.8. The Kier molecular flexibility index (Phi) is 4.35. The van der Waals surface area contributed by atoms with Gasteiger partial charge in [-0.05, 0) is 38.1 Å². The number of para-hydroxylation sites is 2. The SMILES string of the molecule is Cc1ccc(C)n1-c1c(C(=O)NCC2COc3ccccc3O2)cnn1C. The molecule has 1 amide bonds. The van der Waals surface area contributed by atoms with Gasteiger partial charge in [0.15, 0.2) is 11.5 Å². The third-order valence-electron chi connectivity index (χ3n) is 4.69. The van der Waals surface area contributed by atoms with E-state index in [-0.39, 0.29) is 12.0 Å². The number of ether oxygens (including phenoxy) is 2. The molecule has 3 aromatic rings. The molecule has 7 heteroatoms. The van der Waals surface area contributed by atoms with Crippen LogP contribution in [0.2, 0.25) is 0 Å². The number of carbonyl (C=O) groups is 1. The minimum Gasteiger partial charge on any atom is -0.486 e. The van der Waals surface area contributed by atoms with E-state index in [1.807, 2.05) is 61.9 Å². The predicted molar refractivity (Wildman–Crippen MR) is 101 cm³/mol. The number of rotatable bonds is 4. The first-order valence-electron chi connectivity index (χ1n) is 8.88. The van der Waals surface area contributed by atoms with Crippen molar-refractivity contribution in [3.8, 4) is 17.3 Å². The topological polar surface area (TPSA) is 70.3 Å². The van der Waals surface area contributed by atoms with Crippen molar-refractivity contribution in [1.29, 1.82) is 0 Å². The van der Waals surface area contributed by atoms with Crippen molar-refractivity contribution in [2.45, 2.75) is 20.0 Å². The van der Waals surface area contributed by atoms with Crippen molar-refractivity contribution < 1.29 is 14.3 Å².